The zero-order valence-electron chi connectivity index (χ0n) is 20.5. The van der Waals surface area contributed by atoms with Gasteiger partial charge in [0.05, 0.1) is 18.8 Å². The summed E-state index contributed by atoms with van der Waals surface area (Å²) in [6.07, 6.45) is 4.24. The van der Waals surface area contributed by atoms with Gasteiger partial charge in [-0.2, -0.15) is 4.98 Å². The number of rotatable bonds is 12. The molecule has 11 heteroatoms. The number of carbonyl (C=O) groups is 3. The molecule has 1 aromatic rings. The van der Waals surface area contributed by atoms with E-state index in [1.54, 1.807) is 32.2 Å². The number of nitrogens with two attached hydrogens (primary N) is 2. The second-order valence-electron chi connectivity index (χ2n) is 8.19. The number of H-pyrrole nitrogens is 1. The van der Waals surface area contributed by atoms with Gasteiger partial charge < -0.3 is 31.2 Å². The van der Waals surface area contributed by atoms with Gasteiger partial charge in [-0.15, -0.1) is 0 Å². The maximum absolute atomic E-state index is 12.7. The summed E-state index contributed by atoms with van der Waals surface area (Å²) in [4.78, 5) is 47.9. The van der Waals surface area contributed by atoms with E-state index >= 15 is 0 Å². The number of ether oxygens (including phenoxy) is 2. The lowest BCUT2D eigenvalue weighted by Gasteiger charge is -2.17. The van der Waals surface area contributed by atoms with Crippen LogP contribution in [0, 0.1) is 0 Å². The third kappa shape index (κ3) is 6.94. The number of benzene rings is 1. The van der Waals surface area contributed by atoms with E-state index in [1.165, 1.54) is 0 Å². The first-order valence-electron chi connectivity index (χ1n) is 11.9. The molecule has 192 valence electrons. The molecule has 0 aliphatic carbocycles. The number of fused-ring (bicyclic) bond motifs is 1. The molecule has 0 radical (unpaired) electrons. The molecular weight excluding hydrogens is 464 g/mol. The van der Waals surface area contributed by atoms with Crippen molar-refractivity contribution in [3.63, 3.8) is 0 Å². The molecule has 3 rings (SSSR count). The van der Waals surface area contributed by atoms with Gasteiger partial charge in [0.25, 0.3) is 5.91 Å². The van der Waals surface area contributed by atoms with Crippen LogP contribution in [-0.2, 0) is 31.9 Å². The van der Waals surface area contributed by atoms with Crippen LogP contribution in [0.3, 0.4) is 0 Å². The van der Waals surface area contributed by atoms with E-state index in [2.05, 4.69) is 20.3 Å². The highest BCUT2D eigenvalue weighted by atomic mass is 16.5. The van der Waals surface area contributed by atoms with Crippen molar-refractivity contribution >= 4 is 29.6 Å². The molecule has 1 amide bonds. The summed E-state index contributed by atoms with van der Waals surface area (Å²) in [5, 5.41) is 2.66. The van der Waals surface area contributed by atoms with Crippen molar-refractivity contribution in [1.82, 2.24) is 20.3 Å². The molecule has 1 atom stereocenters. The number of aromatic nitrogens is 3. The standard InChI is InChI=1S/C25H32N6O5/c1-3-35-19(32)13-12-18(24(34)36-4-2)29-23(33)16-10-8-15(9-11-16)6-5-7-17-14-28-22-20(17)21(26)30-25(27)31-22/h8-11,14,18H,3-7,12-13H2,1-2H3,(H,29,33)(H5,26,27,28,30,31)/t18-/m0/s1. The van der Waals surface area contributed by atoms with E-state index in [1.807, 2.05) is 12.1 Å². The predicted molar refractivity (Wildman–Crippen MR) is 134 cm³/mol. The first-order valence-corrected chi connectivity index (χ1v) is 11.9. The minimum absolute atomic E-state index is 0.00213. The average Bonchev–Trinajstić information content (AvgIpc) is 3.25. The fraction of sp³-hybridized carbons (Fsp3) is 0.400. The first kappa shape index (κ1) is 26.5. The van der Waals surface area contributed by atoms with Crippen molar-refractivity contribution in [2.45, 2.75) is 52.0 Å². The van der Waals surface area contributed by atoms with Gasteiger partial charge in [0.2, 0.25) is 5.95 Å². The largest absolute Gasteiger partial charge is 0.466 e. The Kier molecular flexibility index (Phi) is 9.20. The number of esters is 2. The van der Waals surface area contributed by atoms with E-state index in [4.69, 9.17) is 20.9 Å². The van der Waals surface area contributed by atoms with Crippen LogP contribution >= 0.6 is 0 Å². The van der Waals surface area contributed by atoms with E-state index in [9.17, 15) is 14.4 Å². The molecule has 0 unspecified atom stereocenters. The van der Waals surface area contributed by atoms with E-state index in [0.717, 1.165) is 36.0 Å². The number of nitrogens with zero attached hydrogens (tertiary/aromatic N) is 2. The van der Waals surface area contributed by atoms with E-state index in [-0.39, 0.29) is 32.0 Å². The summed E-state index contributed by atoms with van der Waals surface area (Å²) in [5.74, 6) is -0.242. The third-order valence-corrected chi connectivity index (χ3v) is 5.60. The smallest absolute Gasteiger partial charge is 0.328 e. The molecule has 11 nitrogen and oxygen atoms in total. The van der Waals surface area contributed by atoms with Crippen molar-refractivity contribution < 1.29 is 23.9 Å². The Morgan fingerprint density at radius 1 is 1.06 bits per heavy atom. The lowest BCUT2D eigenvalue weighted by atomic mass is 10.0. The molecule has 0 spiro atoms. The number of amides is 1. The van der Waals surface area contributed by atoms with Crippen molar-refractivity contribution in [2.24, 2.45) is 0 Å². The van der Waals surface area contributed by atoms with Gasteiger partial charge in [-0.3, -0.25) is 9.59 Å². The minimum Gasteiger partial charge on any atom is -0.466 e. The van der Waals surface area contributed by atoms with Crippen LogP contribution in [-0.4, -0.2) is 52.1 Å². The first-order chi connectivity index (χ1) is 17.3. The highest BCUT2D eigenvalue weighted by molar-refractivity contribution is 5.96. The molecule has 1 aromatic carbocycles. The van der Waals surface area contributed by atoms with Crippen LogP contribution in [0.5, 0.6) is 0 Å². The molecule has 6 N–H and O–H groups in total. The Balaban J connectivity index is 1.55. The van der Waals surface area contributed by atoms with Gasteiger partial charge in [-0.1, -0.05) is 12.1 Å². The molecule has 0 fully saturated rings. The summed E-state index contributed by atoms with van der Waals surface area (Å²) in [7, 11) is 0. The number of hydrogen-bond donors (Lipinski definition) is 4. The highest BCUT2D eigenvalue weighted by Gasteiger charge is 2.24. The molecular formula is C25H32N6O5. The Morgan fingerprint density at radius 3 is 2.47 bits per heavy atom. The van der Waals surface area contributed by atoms with Crippen LogP contribution in [0.4, 0.5) is 11.8 Å². The van der Waals surface area contributed by atoms with E-state index in [0.29, 0.717) is 17.2 Å². The van der Waals surface area contributed by atoms with Crippen LogP contribution in [0.25, 0.3) is 11.4 Å². The zero-order chi connectivity index (χ0) is 26.1. The topological polar surface area (TPSA) is 175 Å². The van der Waals surface area contributed by atoms with Crippen LogP contribution in [0.2, 0.25) is 0 Å². The van der Waals surface area contributed by atoms with Gasteiger partial charge >= 0.3 is 11.9 Å². The molecule has 2 heterocycles. The fourth-order valence-electron chi connectivity index (χ4n) is 3.86. The molecule has 0 aromatic heterocycles. The van der Waals surface area contributed by atoms with Crippen molar-refractivity contribution in [2.75, 3.05) is 24.7 Å². The van der Waals surface area contributed by atoms with Gasteiger partial charge in [0, 0.05) is 18.2 Å². The maximum atomic E-state index is 12.7. The molecule has 2 aliphatic heterocycles. The maximum Gasteiger partial charge on any atom is 0.328 e. The van der Waals surface area contributed by atoms with Gasteiger partial charge in [-0.05, 0) is 62.8 Å². The molecule has 36 heavy (non-hydrogen) atoms. The van der Waals surface area contributed by atoms with Crippen LogP contribution in [0.15, 0.2) is 30.5 Å². The number of nitrogens with one attached hydrogen (secondary N) is 2. The summed E-state index contributed by atoms with van der Waals surface area (Å²) in [6, 6.07) is 6.22. The van der Waals surface area contributed by atoms with Gasteiger partial charge in [0.1, 0.15) is 17.7 Å². The SMILES string of the molecule is CCOC(=O)CC[C@H](NC(=O)c1ccc(CCCc2cnc3[nH]c(N)nc(N)c2-3)cc1)C(=O)OCC. The number of hydrogen-bond acceptors (Lipinski definition) is 9. The van der Waals surface area contributed by atoms with Gasteiger partial charge in [-0.25, -0.2) is 9.78 Å². The Morgan fingerprint density at radius 2 is 1.78 bits per heavy atom. The number of aromatic amines is 1. The van der Waals surface area contributed by atoms with E-state index < -0.39 is 23.9 Å². The lowest BCUT2D eigenvalue weighted by molar-refractivity contribution is -0.146. The summed E-state index contributed by atoms with van der Waals surface area (Å²) in [5.41, 5.74) is 14.9. The quantitative estimate of drug-likeness (QED) is 0.274. The molecule has 0 bridgehead atoms. The number of aryl methyl sites for hydroxylation is 2. The fourth-order valence-corrected chi connectivity index (χ4v) is 3.86. The van der Waals surface area contributed by atoms with Gasteiger partial charge in [0.15, 0.2) is 0 Å². The monoisotopic (exact) mass is 496 g/mol. The molecule has 0 saturated carbocycles. The van der Waals surface area contributed by atoms with Crippen molar-refractivity contribution in [1.29, 1.82) is 0 Å². The normalized spacial score (nSPS) is 11.7. The molecule has 2 aliphatic rings. The van der Waals surface area contributed by atoms with Crippen LogP contribution < -0.4 is 16.8 Å². The number of carbonyl (C=O) groups excluding carboxylic acids is 3. The average molecular weight is 497 g/mol. The predicted octanol–water partition coefficient (Wildman–Crippen LogP) is 2.25. The Bertz CT molecular complexity index is 1160. The van der Waals surface area contributed by atoms with Crippen molar-refractivity contribution in [3.8, 4) is 11.4 Å². The third-order valence-electron chi connectivity index (χ3n) is 5.60. The van der Waals surface area contributed by atoms with Crippen LogP contribution in [0.1, 0.15) is 54.6 Å². The minimum atomic E-state index is -0.941. The lowest BCUT2D eigenvalue weighted by Crippen LogP contribution is -2.42. The second-order valence-corrected chi connectivity index (χ2v) is 8.19. The zero-order valence-corrected chi connectivity index (χ0v) is 20.5. The summed E-state index contributed by atoms with van der Waals surface area (Å²) < 4.78 is 9.94. The van der Waals surface area contributed by atoms with Crippen molar-refractivity contribution in [3.05, 3.63) is 47.2 Å². The number of nitrogen functional groups attached to an aromatic ring is 2. The Hall–Kier alpha value is -4.15. The second kappa shape index (κ2) is 12.5. The highest BCUT2D eigenvalue weighted by Crippen LogP contribution is 2.30. The molecule has 0 saturated heterocycles. The summed E-state index contributed by atoms with van der Waals surface area (Å²) in [6.45, 7) is 3.81. The Labute approximate surface area is 209 Å². The number of anilines is 2. The summed E-state index contributed by atoms with van der Waals surface area (Å²) >= 11 is 0.